The van der Waals surface area contributed by atoms with E-state index in [0.717, 1.165) is 12.3 Å². The minimum Gasteiger partial charge on any atom is -0.349 e. The van der Waals surface area contributed by atoms with Gasteiger partial charge in [0.15, 0.2) is 5.54 Å². The summed E-state index contributed by atoms with van der Waals surface area (Å²) in [6.45, 7) is -0.323. The molecule has 0 spiro atoms. The lowest BCUT2D eigenvalue weighted by Crippen LogP contribution is -2.53. The van der Waals surface area contributed by atoms with Gasteiger partial charge >= 0.3 is 12.2 Å². The topological polar surface area (TPSA) is 118 Å². The molecule has 3 N–H and O–H groups in total. The van der Waals surface area contributed by atoms with Gasteiger partial charge in [-0.25, -0.2) is 4.79 Å². The lowest BCUT2D eigenvalue weighted by atomic mass is 9.94. The van der Waals surface area contributed by atoms with Crippen molar-refractivity contribution in [2.75, 3.05) is 6.54 Å². The zero-order chi connectivity index (χ0) is 24.7. The van der Waals surface area contributed by atoms with Gasteiger partial charge in [0, 0.05) is 35.6 Å². The van der Waals surface area contributed by atoms with Crippen molar-refractivity contribution < 1.29 is 27.6 Å². The third-order valence-electron chi connectivity index (χ3n) is 5.31. The Balaban J connectivity index is 1.65. The summed E-state index contributed by atoms with van der Waals surface area (Å²) in [6.07, 6.45) is -2.18. The summed E-state index contributed by atoms with van der Waals surface area (Å²) >= 11 is 6.06. The number of hydrogen-bond donors (Lipinski definition) is 3. The molecular weight excluding hydrogens is 477 g/mol. The van der Waals surface area contributed by atoms with Crippen molar-refractivity contribution in [2.24, 2.45) is 7.05 Å². The van der Waals surface area contributed by atoms with E-state index in [0.29, 0.717) is 5.69 Å². The predicted molar refractivity (Wildman–Crippen MR) is 114 cm³/mol. The summed E-state index contributed by atoms with van der Waals surface area (Å²) in [5, 5.41) is 11.6. The van der Waals surface area contributed by atoms with Crippen LogP contribution >= 0.6 is 11.6 Å². The molecule has 3 heterocycles. The molecule has 4 rings (SSSR count). The zero-order valence-corrected chi connectivity index (χ0v) is 18.2. The van der Waals surface area contributed by atoms with Crippen LogP contribution in [0.2, 0.25) is 5.02 Å². The molecule has 1 aliphatic heterocycles. The molecular formula is C21H16ClF3N6O3. The van der Waals surface area contributed by atoms with Crippen LogP contribution in [0.1, 0.15) is 21.7 Å². The van der Waals surface area contributed by atoms with E-state index in [1.54, 1.807) is 7.05 Å². The second-order valence-corrected chi connectivity index (χ2v) is 7.89. The van der Waals surface area contributed by atoms with Crippen molar-refractivity contribution in [2.45, 2.75) is 11.7 Å². The Morgan fingerprint density at radius 3 is 2.53 bits per heavy atom. The molecule has 0 radical (unpaired) electrons. The highest BCUT2D eigenvalue weighted by atomic mass is 35.5. The SMILES string of the molecule is Cn1nccc1C1(CNC(=O)c2ccc(Cl)cc2-c2ccc(C(F)(F)F)nc2)NC(=O)NC1=O. The van der Waals surface area contributed by atoms with Gasteiger partial charge in [-0.05, 0) is 35.9 Å². The first-order valence-corrected chi connectivity index (χ1v) is 10.1. The molecule has 3 aromatic rings. The van der Waals surface area contributed by atoms with E-state index < -0.39 is 35.3 Å². The molecule has 1 unspecified atom stereocenters. The van der Waals surface area contributed by atoms with Crippen LogP contribution in [0.3, 0.4) is 0 Å². The summed E-state index contributed by atoms with van der Waals surface area (Å²) in [6, 6.07) is 7.03. The van der Waals surface area contributed by atoms with Crippen LogP contribution < -0.4 is 16.0 Å². The van der Waals surface area contributed by atoms with Crippen molar-refractivity contribution in [3.8, 4) is 11.1 Å². The third-order valence-corrected chi connectivity index (χ3v) is 5.54. The number of aryl methyl sites for hydroxylation is 1. The summed E-state index contributed by atoms with van der Waals surface area (Å²) < 4.78 is 40.0. The van der Waals surface area contributed by atoms with E-state index in [-0.39, 0.29) is 28.3 Å². The number of rotatable bonds is 5. The second-order valence-electron chi connectivity index (χ2n) is 7.46. The Kier molecular flexibility index (Phi) is 5.77. The lowest BCUT2D eigenvalue weighted by molar-refractivity contribution is -0.141. The number of imide groups is 1. The molecule has 4 amide bonds. The van der Waals surface area contributed by atoms with Gasteiger partial charge in [0.05, 0.1) is 12.2 Å². The van der Waals surface area contributed by atoms with Gasteiger partial charge in [-0.15, -0.1) is 0 Å². The molecule has 1 saturated heterocycles. The third kappa shape index (κ3) is 4.19. The quantitative estimate of drug-likeness (QED) is 0.473. The maximum atomic E-state index is 13.1. The number of amides is 4. The fourth-order valence-corrected chi connectivity index (χ4v) is 3.83. The highest BCUT2D eigenvalue weighted by Gasteiger charge is 2.50. The number of carbonyl (C=O) groups is 3. The molecule has 13 heteroatoms. The molecule has 1 aliphatic rings. The van der Waals surface area contributed by atoms with E-state index in [1.807, 2.05) is 0 Å². The van der Waals surface area contributed by atoms with Crippen LogP contribution in [0.4, 0.5) is 18.0 Å². The van der Waals surface area contributed by atoms with Crippen molar-refractivity contribution in [1.82, 2.24) is 30.7 Å². The molecule has 1 fully saturated rings. The van der Waals surface area contributed by atoms with Crippen LogP contribution in [0.25, 0.3) is 11.1 Å². The van der Waals surface area contributed by atoms with Gasteiger partial charge in [0.2, 0.25) is 0 Å². The highest BCUT2D eigenvalue weighted by molar-refractivity contribution is 6.31. The first kappa shape index (κ1) is 23.2. The number of benzene rings is 1. The number of nitrogens with one attached hydrogen (secondary N) is 3. The highest BCUT2D eigenvalue weighted by Crippen LogP contribution is 2.31. The van der Waals surface area contributed by atoms with Crippen molar-refractivity contribution >= 4 is 29.4 Å². The number of aromatic nitrogens is 3. The van der Waals surface area contributed by atoms with E-state index in [4.69, 9.17) is 11.6 Å². The smallest absolute Gasteiger partial charge is 0.349 e. The fourth-order valence-electron chi connectivity index (χ4n) is 3.66. The van der Waals surface area contributed by atoms with E-state index in [9.17, 15) is 27.6 Å². The minimum absolute atomic E-state index is 0.0795. The molecule has 34 heavy (non-hydrogen) atoms. The molecule has 0 bridgehead atoms. The van der Waals surface area contributed by atoms with Crippen LogP contribution in [0, 0.1) is 0 Å². The second kappa shape index (κ2) is 8.45. The predicted octanol–water partition coefficient (Wildman–Crippen LogP) is 2.62. The van der Waals surface area contributed by atoms with E-state index in [2.05, 4.69) is 26.0 Å². The van der Waals surface area contributed by atoms with Gasteiger partial charge in [-0.1, -0.05) is 17.7 Å². The molecule has 1 aromatic carbocycles. The molecule has 0 saturated carbocycles. The van der Waals surface area contributed by atoms with Crippen LogP contribution in [0.15, 0.2) is 48.8 Å². The largest absolute Gasteiger partial charge is 0.433 e. The number of hydrogen-bond acceptors (Lipinski definition) is 5. The summed E-state index contributed by atoms with van der Waals surface area (Å²) in [7, 11) is 1.57. The average Bonchev–Trinajstić information content (AvgIpc) is 3.33. The number of nitrogens with zero attached hydrogens (tertiary/aromatic N) is 3. The number of alkyl halides is 3. The normalized spacial score (nSPS) is 17.9. The summed E-state index contributed by atoms with van der Waals surface area (Å²) in [5.41, 5.74) is -1.81. The number of carbonyl (C=O) groups excluding carboxylic acids is 3. The maximum Gasteiger partial charge on any atom is 0.433 e. The molecule has 176 valence electrons. The summed E-state index contributed by atoms with van der Waals surface area (Å²) in [4.78, 5) is 41.1. The number of urea groups is 1. The van der Waals surface area contributed by atoms with Crippen molar-refractivity contribution in [3.63, 3.8) is 0 Å². The number of halogens is 4. The molecule has 0 aliphatic carbocycles. The zero-order valence-electron chi connectivity index (χ0n) is 17.4. The first-order valence-electron chi connectivity index (χ1n) is 9.75. The lowest BCUT2D eigenvalue weighted by Gasteiger charge is -2.26. The fraction of sp³-hybridized carbons (Fsp3) is 0.190. The monoisotopic (exact) mass is 492 g/mol. The van der Waals surface area contributed by atoms with Gasteiger partial charge in [0.25, 0.3) is 11.8 Å². The Hall–Kier alpha value is -3.93. The molecule has 9 nitrogen and oxygen atoms in total. The van der Waals surface area contributed by atoms with Gasteiger partial charge in [-0.3, -0.25) is 24.6 Å². The van der Waals surface area contributed by atoms with Crippen LogP contribution in [0.5, 0.6) is 0 Å². The van der Waals surface area contributed by atoms with Gasteiger partial charge < -0.3 is 10.6 Å². The van der Waals surface area contributed by atoms with Crippen molar-refractivity contribution in [3.05, 3.63) is 70.8 Å². The van der Waals surface area contributed by atoms with Crippen LogP contribution in [-0.4, -0.2) is 39.2 Å². The van der Waals surface area contributed by atoms with Crippen molar-refractivity contribution in [1.29, 1.82) is 0 Å². The molecule has 2 aromatic heterocycles. The first-order chi connectivity index (χ1) is 16.0. The minimum atomic E-state index is -4.61. The summed E-state index contributed by atoms with van der Waals surface area (Å²) in [5.74, 6) is -1.33. The van der Waals surface area contributed by atoms with E-state index in [1.165, 1.54) is 41.2 Å². The average molecular weight is 493 g/mol. The van der Waals surface area contributed by atoms with E-state index >= 15 is 0 Å². The Morgan fingerprint density at radius 1 is 1.21 bits per heavy atom. The maximum absolute atomic E-state index is 13.1. The Bertz CT molecular complexity index is 1290. The van der Waals surface area contributed by atoms with Crippen LogP contribution in [-0.2, 0) is 23.6 Å². The molecule has 1 atom stereocenters. The number of pyridine rings is 1. The Labute approximate surface area is 195 Å². The van der Waals surface area contributed by atoms with Gasteiger partial charge in [-0.2, -0.15) is 18.3 Å². The Morgan fingerprint density at radius 2 is 1.97 bits per heavy atom. The standard InChI is InChI=1S/C21H16ClF3N6O3/c1-31-16(6-7-28-31)20(18(33)29-19(34)30-20)10-27-17(32)13-4-3-12(22)8-14(13)11-2-5-15(26-9-11)21(23,24)25/h2-9H,10H2,1H3,(H,27,32)(H2,29,30,33,34). The van der Waals surface area contributed by atoms with Gasteiger partial charge in [0.1, 0.15) is 5.69 Å².